The Morgan fingerprint density at radius 2 is 1.44 bits per heavy atom. The van der Waals surface area contributed by atoms with Gasteiger partial charge in [0.05, 0.1) is 0 Å². The van der Waals surface area contributed by atoms with Crippen molar-refractivity contribution >= 4 is 11.4 Å². The summed E-state index contributed by atoms with van der Waals surface area (Å²) in [7, 11) is 0. The molecule has 0 unspecified atom stereocenters. The van der Waals surface area contributed by atoms with E-state index in [1.807, 2.05) is 24.3 Å². The summed E-state index contributed by atoms with van der Waals surface area (Å²) in [6.07, 6.45) is 6.65. The lowest BCUT2D eigenvalue weighted by Crippen LogP contribution is -2.26. The summed E-state index contributed by atoms with van der Waals surface area (Å²) < 4.78 is 0. The molecule has 1 aliphatic rings. The molecule has 1 aromatic carbocycles. The van der Waals surface area contributed by atoms with E-state index < -0.39 is 0 Å². The van der Waals surface area contributed by atoms with Crippen LogP contribution in [-0.2, 0) is 0 Å². The van der Waals surface area contributed by atoms with E-state index in [0.29, 0.717) is 5.69 Å². The molecule has 0 atom stereocenters. The van der Waals surface area contributed by atoms with Crippen molar-refractivity contribution in [3.05, 3.63) is 29.2 Å². The molecule has 2 rings (SSSR count). The van der Waals surface area contributed by atoms with Gasteiger partial charge in [-0.25, -0.2) is 0 Å². The van der Waals surface area contributed by atoms with Crippen LogP contribution in [0.15, 0.2) is 24.3 Å². The van der Waals surface area contributed by atoms with Crippen LogP contribution in [0, 0.1) is 5.39 Å². The molecule has 1 aromatic rings. The second-order valence-corrected chi connectivity index (χ2v) is 4.37. The lowest BCUT2D eigenvalue weighted by molar-refractivity contribution is 0.556. The number of hydrogen-bond donors (Lipinski definition) is 0. The first kappa shape index (κ1) is 10.9. The summed E-state index contributed by atoms with van der Waals surface area (Å²) in [5, 5.41) is 8.63. The fourth-order valence-corrected chi connectivity index (χ4v) is 2.24. The fourth-order valence-electron chi connectivity index (χ4n) is 2.24. The summed E-state index contributed by atoms with van der Waals surface area (Å²) in [4.78, 5) is 5.60. The maximum Gasteiger partial charge on any atom is 0.385 e. The first-order valence-electron chi connectivity index (χ1n) is 6.10. The third-order valence-corrected chi connectivity index (χ3v) is 3.19. The zero-order valence-electron chi connectivity index (χ0n) is 9.60. The van der Waals surface area contributed by atoms with Crippen LogP contribution in [0.4, 0.5) is 11.4 Å². The average Bonchev–Trinajstić information content (AvgIpc) is 2.29. The predicted molar refractivity (Wildman–Crippen MR) is 66.5 cm³/mol. The van der Waals surface area contributed by atoms with E-state index in [9.17, 15) is 0 Å². The summed E-state index contributed by atoms with van der Waals surface area (Å²) in [6, 6.07) is 7.79. The Balaban J connectivity index is 2.06. The minimum atomic E-state index is 0.621. The molecule has 1 fully saturated rings. The number of nitrogens with zero attached hydrogens (tertiary/aromatic N) is 3. The molecule has 0 radical (unpaired) electrons. The first-order valence-corrected chi connectivity index (χ1v) is 6.10. The van der Waals surface area contributed by atoms with Crippen LogP contribution in [-0.4, -0.2) is 13.1 Å². The van der Waals surface area contributed by atoms with Crippen molar-refractivity contribution in [2.24, 2.45) is 0 Å². The van der Waals surface area contributed by atoms with Gasteiger partial charge in [0.15, 0.2) is 4.98 Å². The van der Waals surface area contributed by atoms with Gasteiger partial charge in [-0.1, -0.05) is 19.3 Å². The number of hydrogen-bond acceptors (Lipinski definition) is 2. The molecule has 0 N–H and O–H groups in total. The molecular weight excluding hydrogens is 198 g/mol. The maximum atomic E-state index is 8.63. The van der Waals surface area contributed by atoms with Gasteiger partial charge in [-0.2, -0.15) is 0 Å². The molecule has 0 aromatic heterocycles. The maximum absolute atomic E-state index is 8.63. The van der Waals surface area contributed by atoms with Crippen molar-refractivity contribution in [1.29, 1.82) is 5.39 Å². The third kappa shape index (κ3) is 2.73. The van der Waals surface area contributed by atoms with Gasteiger partial charge in [0.1, 0.15) is 0 Å². The minimum Gasteiger partial charge on any atom is -0.372 e. The Hall–Kier alpha value is -1.56. The molecular formula is C13H18N3+. The predicted octanol–water partition coefficient (Wildman–Crippen LogP) is 3.94. The van der Waals surface area contributed by atoms with Crippen LogP contribution in [0.2, 0.25) is 0 Å². The highest BCUT2D eigenvalue weighted by Crippen LogP contribution is 2.22. The molecule has 1 saturated heterocycles. The van der Waals surface area contributed by atoms with Gasteiger partial charge in [-0.05, 0) is 25.0 Å². The van der Waals surface area contributed by atoms with Crippen molar-refractivity contribution in [3.8, 4) is 0 Å². The quantitative estimate of drug-likeness (QED) is 0.666. The molecule has 0 bridgehead atoms. The SMILES string of the molecule is N#[N+]c1ccc(N2CCCCCCC2)cc1. The zero-order chi connectivity index (χ0) is 11.2. The van der Waals surface area contributed by atoms with Gasteiger partial charge in [-0.3, -0.25) is 0 Å². The molecule has 3 nitrogen and oxygen atoms in total. The Bertz CT molecular complexity index is 356. The lowest BCUT2D eigenvalue weighted by Gasteiger charge is -2.26. The topological polar surface area (TPSA) is 31.4 Å². The van der Waals surface area contributed by atoms with Crippen LogP contribution in [0.1, 0.15) is 32.1 Å². The highest BCUT2D eigenvalue weighted by Gasteiger charge is 2.10. The van der Waals surface area contributed by atoms with Crippen molar-refractivity contribution in [2.45, 2.75) is 32.1 Å². The average molecular weight is 216 g/mol. The van der Waals surface area contributed by atoms with Crippen LogP contribution < -0.4 is 4.90 Å². The molecule has 16 heavy (non-hydrogen) atoms. The van der Waals surface area contributed by atoms with Crippen molar-refractivity contribution in [3.63, 3.8) is 0 Å². The van der Waals surface area contributed by atoms with Gasteiger partial charge < -0.3 is 4.90 Å². The van der Waals surface area contributed by atoms with E-state index in [1.54, 1.807) is 0 Å². The van der Waals surface area contributed by atoms with Crippen LogP contribution >= 0.6 is 0 Å². The summed E-state index contributed by atoms with van der Waals surface area (Å²) in [6.45, 7) is 2.30. The fraction of sp³-hybridized carbons (Fsp3) is 0.538. The van der Waals surface area contributed by atoms with E-state index >= 15 is 0 Å². The molecule has 1 aliphatic heterocycles. The molecule has 1 heterocycles. The van der Waals surface area contributed by atoms with Gasteiger partial charge in [0, 0.05) is 30.9 Å². The van der Waals surface area contributed by atoms with Crippen molar-refractivity contribution < 1.29 is 0 Å². The van der Waals surface area contributed by atoms with Gasteiger partial charge >= 0.3 is 5.69 Å². The number of benzene rings is 1. The van der Waals surface area contributed by atoms with E-state index in [2.05, 4.69) is 9.88 Å². The number of anilines is 1. The Morgan fingerprint density at radius 3 is 2.00 bits per heavy atom. The van der Waals surface area contributed by atoms with Gasteiger partial charge in [-0.15, -0.1) is 0 Å². The number of diazo groups is 1. The van der Waals surface area contributed by atoms with E-state index in [0.717, 1.165) is 13.1 Å². The minimum absolute atomic E-state index is 0.621. The molecule has 0 amide bonds. The Kier molecular flexibility index (Phi) is 3.76. The summed E-state index contributed by atoms with van der Waals surface area (Å²) in [5.74, 6) is 0. The second kappa shape index (κ2) is 5.50. The lowest BCUT2D eigenvalue weighted by atomic mass is 10.1. The third-order valence-electron chi connectivity index (χ3n) is 3.19. The normalized spacial score (nSPS) is 17.3. The van der Waals surface area contributed by atoms with Crippen molar-refractivity contribution in [1.82, 2.24) is 0 Å². The van der Waals surface area contributed by atoms with Crippen LogP contribution in [0.3, 0.4) is 0 Å². The molecule has 84 valence electrons. The molecule has 0 spiro atoms. The van der Waals surface area contributed by atoms with Crippen molar-refractivity contribution in [2.75, 3.05) is 18.0 Å². The van der Waals surface area contributed by atoms with Gasteiger partial charge in [0.25, 0.3) is 0 Å². The van der Waals surface area contributed by atoms with Gasteiger partial charge in [0.2, 0.25) is 5.39 Å². The first-order chi connectivity index (χ1) is 7.90. The number of rotatable bonds is 1. The molecule has 3 heteroatoms. The monoisotopic (exact) mass is 216 g/mol. The second-order valence-electron chi connectivity index (χ2n) is 4.37. The van der Waals surface area contributed by atoms with Crippen LogP contribution in [0.5, 0.6) is 0 Å². The van der Waals surface area contributed by atoms with E-state index in [4.69, 9.17) is 5.39 Å². The Labute approximate surface area is 96.7 Å². The standard InChI is InChI=1S/C13H18N3/c14-15-12-6-8-13(9-7-12)16-10-4-2-1-3-5-11-16/h6-9H,1-5,10-11H2/q+1. The highest BCUT2D eigenvalue weighted by atomic mass is 15.1. The smallest absolute Gasteiger partial charge is 0.372 e. The van der Waals surface area contributed by atoms with Crippen LogP contribution in [0.25, 0.3) is 4.98 Å². The molecule has 0 saturated carbocycles. The largest absolute Gasteiger partial charge is 0.385 e. The van der Waals surface area contributed by atoms with E-state index in [1.165, 1.54) is 37.8 Å². The molecule has 0 aliphatic carbocycles. The summed E-state index contributed by atoms with van der Waals surface area (Å²) >= 11 is 0. The van der Waals surface area contributed by atoms with E-state index in [-0.39, 0.29) is 0 Å². The summed E-state index contributed by atoms with van der Waals surface area (Å²) in [5.41, 5.74) is 1.87. The zero-order valence-corrected chi connectivity index (χ0v) is 9.60. The highest BCUT2D eigenvalue weighted by molar-refractivity contribution is 5.55. The Morgan fingerprint density at radius 1 is 0.875 bits per heavy atom.